The summed E-state index contributed by atoms with van der Waals surface area (Å²) in [4.78, 5) is 17.6. The zero-order chi connectivity index (χ0) is 14.5. The summed E-state index contributed by atoms with van der Waals surface area (Å²) >= 11 is 7.51. The van der Waals surface area contributed by atoms with Gasteiger partial charge in [0.2, 0.25) is 11.2 Å². The van der Waals surface area contributed by atoms with Gasteiger partial charge in [0.25, 0.3) is 0 Å². The van der Waals surface area contributed by atoms with E-state index in [9.17, 15) is 0 Å². The van der Waals surface area contributed by atoms with E-state index in [0.29, 0.717) is 12.5 Å². The molecular weight excluding hydrogens is 298 g/mol. The van der Waals surface area contributed by atoms with Gasteiger partial charge in [0, 0.05) is 11.1 Å². The summed E-state index contributed by atoms with van der Waals surface area (Å²) in [5, 5.41) is 4.15. The van der Waals surface area contributed by atoms with Gasteiger partial charge in [-0.1, -0.05) is 6.92 Å². The van der Waals surface area contributed by atoms with Crippen molar-refractivity contribution in [2.24, 2.45) is 0 Å². The molecule has 2 aromatic heterocycles. The molecule has 6 nitrogen and oxygen atoms in total. The maximum atomic E-state index is 5.85. The minimum Gasteiger partial charge on any atom is -0.461 e. The van der Waals surface area contributed by atoms with Gasteiger partial charge in [0.1, 0.15) is 5.01 Å². The van der Waals surface area contributed by atoms with Crippen LogP contribution in [0.15, 0.2) is 6.20 Å². The predicted molar refractivity (Wildman–Crippen MR) is 79.4 cm³/mol. The predicted octanol–water partition coefficient (Wildman–Crippen LogP) is 2.94. The van der Waals surface area contributed by atoms with Crippen molar-refractivity contribution in [2.75, 3.05) is 5.32 Å². The van der Waals surface area contributed by atoms with Crippen LogP contribution in [0.25, 0.3) is 0 Å². The number of hydrogen-bond donors (Lipinski definition) is 1. The molecule has 0 aliphatic rings. The van der Waals surface area contributed by atoms with Gasteiger partial charge in [-0.15, -0.1) is 11.3 Å². The lowest BCUT2D eigenvalue weighted by molar-refractivity contribution is 0.222. The molecule has 2 heterocycles. The zero-order valence-corrected chi connectivity index (χ0v) is 13.1. The Labute approximate surface area is 126 Å². The second-order valence-electron chi connectivity index (χ2n) is 4.30. The number of rotatable bonds is 6. The lowest BCUT2D eigenvalue weighted by Gasteiger charge is -2.09. The van der Waals surface area contributed by atoms with Crippen molar-refractivity contribution in [3.05, 3.63) is 21.4 Å². The quantitative estimate of drug-likeness (QED) is 0.884. The van der Waals surface area contributed by atoms with Gasteiger partial charge in [-0.25, -0.2) is 4.98 Å². The molecule has 8 heteroatoms. The van der Waals surface area contributed by atoms with Gasteiger partial charge >= 0.3 is 6.01 Å². The van der Waals surface area contributed by atoms with E-state index < -0.39 is 0 Å². The molecule has 0 aromatic carbocycles. The van der Waals surface area contributed by atoms with Crippen molar-refractivity contribution in [1.82, 2.24) is 19.9 Å². The summed E-state index contributed by atoms with van der Waals surface area (Å²) in [6, 6.07) is 0.218. The van der Waals surface area contributed by atoms with E-state index in [4.69, 9.17) is 16.3 Å². The van der Waals surface area contributed by atoms with Crippen LogP contribution in [0.5, 0.6) is 6.01 Å². The molecule has 0 saturated heterocycles. The Morgan fingerprint density at radius 3 is 2.80 bits per heavy atom. The van der Waals surface area contributed by atoms with Gasteiger partial charge in [-0.05, 0) is 31.9 Å². The highest BCUT2D eigenvalue weighted by Crippen LogP contribution is 2.16. The molecule has 2 aromatic rings. The smallest absolute Gasteiger partial charge is 0.322 e. The first kappa shape index (κ1) is 14.9. The number of ether oxygens (including phenoxy) is 1. The monoisotopic (exact) mass is 313 g/mol. The molecule has 108 valence electrons. The third kappa shape index (κ3) is 4.28. The maximum absolute atomic E-state index is 5.85. The van der Waals surface area contributed by atoms with Crippen molar-refractivity contribution in [3.63, 3.8) is 0 Å². The van der Waals surface area contributed by atoms with Gasteiger partial charge in [0.15, 0.2) is 0 Å². The summed E-state index contributed by atoms with van der Waals surface area (Å²) < 4.78 is 5.41. The van der Waals surface area contributed by atoms with E-state index in [2.05, 4.69) is 32.2 Å². The molecule has 0 bridgehead atoms. The molecule has 0 spiro atoms. The van der Waals surface area contributed by atoms with Crippen LogP contribution < -0.4 is 10.1 Å². The van der Waals surface area contributed by atoms with E-state index in [0.717, 1.165) is 11.4 Å². The molecule has 0 atom stereocenters. The summed E-state index contributed by atoms with van der Waals surface area (Å²) in [5.41, 5.74) is 0. The number of aryl methyl sites for hydroxylation is 1. The van der Waals surface area contributed by atoms with Crippen molar-refractivity contribution >= 4 is 28.9 Å². The molecule has 0 amide bonds. The highest BCUT2D eigenvalue weighted by atomic mass is 35.5. The molecule has 2 rings (SSSR count). The fourth-order valence-corrected chi connectivity index (χ4v) is 2.38. The second-order valence-corrected chi connectivity index (χ2v) is 5.84. The van der Waals surface area contributed by atoms with Gasteiger partial charge < -0.3 is 10.1 Å². The summed E-state index contributed by atoms with van der Waals surface area (Å²) in [6.07, 6.45) is 2.85. The first-order valence-electron chi connectivity index (χ1n) is 6.32. The Morgan fingerprint density at radius 1 is 1.35 bits per heavy atom. The lowest BCUT2D eigenvalue weighted by Crippen LogP contribution is -2.11. The summed E-state index contributed by atoms with van der Waals surface area (Å²) in [7, 11) is 0. The summed E-state index contributed by atoms with van der Waals surface area (Å²) in [5.74, 6) is 0.383. The number of halogens is 1. The van der Waals surface area contributed by atoms with E-state index in [1.165, 1.54) is 4.88 Å². The van der Waals surface area contributed by atoms with E-state index in [1.807, 2.05) is 20.0 Å². The topological polar surface area (TPSA) is 72.8 Å². The molecule has 0 aliphatic heterocycles. The minimum atomic E-state index is -0.0209. The zero-order valence-electron chi connectivity index (χ0n) is 11.6. The Balaban J connectivity index is 2.03. The van der Waals surface area contributed by atoms with Crippen molar-refractivity contribution in [1.29, 1.82) is 0 Å². The Hall–Kier alpha value is -1.47. The lowest BCUT2D eigenvalue weighted by atomic mass is 10.4. The number of thiazole rings is 1. The van der Waals surface area contributed by atoms with Gasteiger partial charge in [-0.2, -0.15) is 15.0 Å². The third-order valence-electron chi connectivity index (χ3n) is 2.28. The average molecular weight is 314 g/mol. The molecule has 1 N–H and O–H groups in total. The number of nitrogens with one attached hydrogen (secondary N) is 1. The first-order chi connectivity index (χ1) is 9.56. The third-order valence-corrected chi connectivity index (χ3v) is 3.59. The largest absolute Gasteiger partial charge is 0.461 e. The molecule has 0 radical (unpaired) electrons. The molecule has 0 saturated carbocycles. The number of nitrogens with zero attached hydrogens (tertiary/aromatic N) is 4. The van der Waals surface area contributed by atoms with E-state index in [-0.39, 0.29) is 17.4 Å². The fraction of sp³-hybridized carbons (Fsp3) is 0.500. The molecule has 0 fully saturated rings. The van der Waals surface area contributed by atoms with E-state index in [1.54, 1.807) is 11.3 Å². The van der Waals surface area contributed by atoms with Crippen LogP contribution in [0, 0.1) is 0 Å². The Kier molecular flexibility index (Phi) is 5.08. The number of aromatic nitrogens is 4. The second kappa shape index (κ2) is 6.81. The van der Waals surface area contributed by atoms with Crippen molar-refractivity contribution < 1.29 is 4.74 Å². The Bertz CT molecular complexity index is 575. The van der Waals surface area contributed by atoms with E-state index >= 15 is 0 Å². The highest BCUT2D eigenvalue weighted by molar-refractivity contribution is 7.11. The van der Waals surface area contributed by atoms with Crippen molar-refractivity contribution in [2.45, 2.75) is 39.8 Å². The van der Waals surface area contributed by atoms with Crippen LogP contribution in [-0.4, -0.2) is 26.0 Å². The van der Waals surface area contributed by atoms with Crippen LogP contribution in [0.4, 0.5) is 5.95 Å². The number of anilines is 1. The van der Waals surface area contributed by atoms with Crippen LogP contribution in [-0.2, 0) is 13.0 Å². The molecule has 20 heavy (non-hydrogen) atoms. The average Bonchev–Trinajstić information content (AvgIpc) is 2.83. The number of hydrogen-bond acceptors (Lipinski definition) is 7. The molecule has 0 aliphatic carbocycles. The van der Waals surface area contributed by atoms with Gasteiger partial charge in [0.05, 0.1) is 12.6 Å². The summed E-state index contributed by atoms with van der Waals surface area (Å²) in [6.45, 7) is 6.44. The first-order valence-corrected chi connectivity index (χ1v) is 7.52. The SMILES string of the molecule is CCc1cnc(CNc2nc(Cl)nc(OC(C)C)n2)s1. The standard InChI is InChI=1S/C12H16ClN5OS/c1-4-8-5-14-9(20-8)6-15-11-16-10(13)17-12(18-11)19-7(2)3/h5,7H,4,6H2,1-3H3,(H,15,16,17,18). The van der Waals surface area contributed by atoms with Crippen LogP contribution >= 0.6 is 22.9 Å². The highest BCUT2D eigenvalue weighted by Gasteiger charge is 2.08. The van der Waals surface area contributed by atoms with Crippen molar-refractivity contribution in [3.8, 4) is 6.01 Å². The minimum absolute atomic E-state index is 0.0209. The molecule has 0 unspecified atom stereocenters. The van der Waals surface area contributed by atoms with Gasteiger partial charge in [-0.3, -0.25) is 0 Å². The maximum Gasteiger partial charge on any atom is 0.322 e. The fourth-order valence-electron chi connectivity index (χ4n) is 1.42. The van der Waals surface area contributed by atoms with Crippen LogP contribution in [0.1, 0.15) is 30.7 Å². The normalized spacial score (nSPS) is 10.8. The Morgan fingerprint density at radius 2 is 2.15 bits per heavy atom. The van der Waals surface area contributed by atoms with Crippen LogP contribution in [0.3, 0.4) is 0 Å². The molecular formula is C12H16ClN5OS. The van der Waals surface area contributed by atoms with Crippen LogP contribution in [0.2, 0.25) is 5.28 Å².